The largest absolute Gasteiger partial charge is 0.347 e. The Balaban J connectivity index is 1.54. The molecule has 0 atom stereocenters. The van der Waals surface area contributed by atoms with E-state index in [2.05, 4.69) is 20.5 Å². The topological polar surface area (TPSA) is 118 Å². The van der Waals surface area contributed by atoms with E-state index in [1.165, 1.54) is 0 Å². The third-order valence-electron chi connectivity index (χ3n) is 4.39. The van der Waals surface area contributed by atoms with Crippen molar-refractivity contribution < 1.29 is 4.79 Å². The summed E-state index contributed by atoms with van der Waals surface area (Å²) < 4.78 is 2.96. The number of H-pyrrole nitrogens is 2. The molecule has 0 aliphatic heterocycles. The summed E-state index contributed by atoms with van der Waals surface area (Å²) in [5.41, 5.74) is 0.0672. The number of aromatic amines is 2. The van der Waals surface area contributed by atoms with Gasteiger partial charge in [-0.25, -0.2) is 4.79 Å². The maximum absolute atomic E-state index is 12.5. The number of fused-ring (bicyclic) bond motifs is 1. The van der Waals surface area contributed by atoms with Crippen molar-refractivity contribution in [3.05, 3.63) is 86.0 Å². The van der Waals surface area contributed by atoms with E-state index in [1.54, 1.807) is 28.8 Å². The molecular formula is C19H16N6O3S. The summed E-state index contributed by atoms with van der Waals surface area (Å²) in [6.07, 6.45) is 0. The van der Waals surface area contributed by atoms with Crippen LogP contribution in [0.2, 0.25) is 0 Å². The summed E-state index contributed by atoms with van der Waals surface area (Å²) >= 11 is 5.26. The quantitative estimate of drug-likeness (QED) is 0.430. The number of para-hydroxylation sites is 2. The van der Waals surface area contributed by atoms with Crippen LogP contribution in [0.5, 0.6) is 0 Å². The monoisotopic (exact) mass is 408 g/mol. The van der Waals surface area contributed by atoms with E-state index in [0.717, 1.165) is 10.3 Å². The molecule has 2 heterocycles. The van der Waals surface area contributed by atoms with Crippen LogP contribution in [0.15, 0.2) is 64.2 Å². The molecule has 0 spiro atoms. The normalized spacial score (nSPS) is 10.9. The van der Waals surface area contributed by atoms with Gasteiger partial charge in [0.2, 0.25) is 5.91 Å². The molecule has 1 amide bonds. The average molecular weight is 408 g/mol. The molecule has 2 aromatic carbocycles. The molecule has 0 aliphatic rings. The molecule has 0 saturated carbocycles. The van der Waals surface area contributed by atoms with Crippen molar-refractivity contribution in [1.29, 1.82) is 0 Å². The number of carbonyl (C=O) groups excluding carboxylic acids is 1. The van der Waals surface area contributed by atoms with Gasteiger partial charge >= 0.3 is 5.69 Å². The Morgan fingerprint density at radius 2 is 1.79 bits per heavy atom. The van der Waals surface area contributed by atoms with Crippen LogP contribution in [0.4, 0.5) is 0 Å². The molecule has 29 heavy (non-hydrogen) atoms. The number of nitrogens with one attached hydrogen (secondary N) is 3. The van der Waals surface area contributed by atoms with E-state index in [4.69, 9.17) is 12.2 Å². The zero-order valence-electron chi connectivity index (χ0n) is 15.1. The Bertz CT molecular complexity index is 1370. The van der Waals surface area contributed by atoms with Crippen molar-refractivity contribution in [3.63, 3.8) is 0 Å². The standard InChI is InChI=1S/C19H16N6O3S/c26-16(11-24-17(27)13-8-4-5-9-14(13)21-18(24)28)20-10-15-22-23-19(29)25(15)12-6-2-1-3-7-12/h1-9H,10-11H2,(H,20,26)(H,21,28)(H,23,29). The summed E-state index contributed by atoms with van der Waals surface area (Å²) in [6.45, 7) is -0.337. The van der Waals surface area contributed by atoms with Gasteiger partial charge in [-0.1, -0.05) is 30.3 Å². The molecule has 9 nitrogen and oxygen atoms in total. The average Bonchev–Trinajstić information content (AvgIpc) is 3.10. The highest BCUT2D eigenvalue weighted by Crippen LogP contribution is 2.10. The Morgan fingerprint density at radius 1 is 1.07 bits per heavy atom. The van der Waals surface area contributed by atoms with Gasteiger partial charge in [0.05, 0.1) is 17.4 Å². The summed E-state index contributed by atoms with van der Waals surface area (Å²) in [7, 11) is 0. The minimum Gasteiger partial charge on any atom is -0.347 e. The molecule has 0 aliphatic carbocycles. The molecule has 2 aromatic heterocycles. The van der Waals surface area contributed by atoms with Gasteiger partial charge in [-0.05, 0) is 36.5 Å². The van der Waals surface area contributed by atoms with Gasteiger partial charge in [0, 0.05) is 5.69 Å². The summed E-state index contributed by atoms with van der Waals surface area (Å²) in [5, 5.41) is 9.85. The van der Waals surface area contributed by atoms with E-state index >= 15 is 0 Å². The summed E-state index contributed by atoms with van der Waals surface area (Å²) in [4.78, 5) is 39.7. The summed E-state index contributed by atoms with van der Waals surface area (Å²) in [5.74, 6) is -0.00395. The van der Waals surface area contributed by atoms with Gasteiger partial charge in [0.25, 0.3) is 5.56 Å². The molecule has 0 fully saturated rings. The molecular weight excluding hydrogens is 392 g/mol. The predicted molar refractivity (Wildman–Crippen MR) is 109 cm³/mol. The van der Waals surface area contributed by atoms with Crippen LogP contribution in [-0.4, -0.2) is 30.2 Å². The highest BCUT2D eigenvalue weighted by molar-refractivity contribution is 7.71. The molecule has 0 radical (unpaired) electrons. The first-order valence-electron chi connectivity index (χ1n) is 8.75. The maximum Gasteiger partial charge on any atom is 0.329 e. The lowest BCUT2D eigenvalue weighted by Crippen LogP contribution is -2.40. The Kier molecular flexibility index (Phi) is 4.92. The van der Waals surface area contributed by atoms with Crippen LogP contribution < -0.4 is 16.6 Å². The molecule has 10 heteroatoms. The second-order valence-electron chi connectivity index (χ2n) is 6.26. The first-order chi connectivity index (χ1) is 14.0. The molecule has 4 aromatic rings. The molecule has 0 saturated heterocycles. The molecule has 0 bridgehead atoms. The van der Waals surface area contributed by atoms with Crippen LogP contribution in [-0.2, 0) is 17.9 Å². The fourth-order valence-corrected chi connectivity index (χ4v) is 3.27. The SMILES string of the molecule is O=C(Cn1c(=O)[nH]c2ccccc2c1=O)NCc1n[nH]c(=S)n1-c1ccccc1. The number of hydrogen-bond donors (Lipinski definition) is 3. The smallest absolute Gasteiger partial charge is 0.329 e. The van der Waals surface area contributed by atoms with Crippen LogP contribution >= 0.6 is 12.2 Å². The van der Waals surface area contributed by atoms with Gasteiger partial charge in [0.1, 0.15) is 6.54 Å². The van der Waals surface area contributed by atoms with Crippen molar-refractivity contribution in [1.82, 2.24) is 29.6 Å². The molecule has 4 rings (SSSR count). The first-order valence-corrected chi connectivity index (χ1v) is 9.15. The van der Waals surface area contributed by atoms with E-state index in [0.29, 0.717) is 21.5 Å². The van der Waals surface area contributed by atoms with E-state index in [-0.39, 0.29) is 6.54 Å². The first kappa shape index (κ1) is 18.6. The molecule has 146 valence electrons. The van der Waals surface area contributed by atoms with Crippen LogP contribution in [0.3, 0.4) is 0 Å². The number of hydrogen-bond acceptors (Lipinski definition) is 5. The van der Waals surface area contributed by atoms with Gasteiger partial charge in [-0.2, -0.15) is 5.10 Å². The zero-order chi connectivity index (χ0) is 20.4. The minimum absolute atomic E-state index is 0.0705. The number of carbonyl (C=O) groups is 1. The summed E-state index contributed by atoms with van der Waals surface area (Å²) in [6, 6.07) is 16.0. The lowest BCUT2D eigenvalue weighted by Gasteiger charge is -2.09. The number of rotatable bonds is 5. The van der Waals surface area contributed by atoms with Gasteiger partial charge in [-0.15, -0.1) is 0 Å². The van der Waals surface area contributed by atoms with E-state index in [9.17, 15) is 14.4 Å². The van der Waals surface area contributed by atoms with Crippen molar-refractivity contribution >= 4 is 29.0 Å². The van der Waals surface area contributed by atoms with E-state index in [1.807, 2.05) is 30.3 Å². The second-order valence-corrected chi connectivity index (χ2v) is 6.65. The number of aromatic nitrogens is 5. The minimum atomic E-state index is -0.643. The van der Waals surface area contributed by atoms with Crippen LogP contribution in [0.1, 0.15) is 5.82 Å². The Labute approximate surface area is 168 Å². The highest BCUT2D eigenvalue weighted by atomic mass is 32.1. The predicted octanol–water partition coefficient (Wildman–Crippen LogP) is 1.25. The lowest BCUT2D eigenvalue weighted by atomic mass is 10.2. The van der Waals surface area contributed by atoms with Gasteiger partial charge in [-0.3, -0.25) is 23.8 Å². The van der Waals surface area contributed by atoms with Gasteiger partial charge < -0.3 is 10.3 Å². The third-order valence-corrected chi connectivity index (χ3v) is 4.66. The number of nitrogens with zero attached hydrogens (tertiary/aromatic N) is 3. The van der Waals surface area contributed by atoms with Gasteiger partial charge in [0.15, 0.2) is 10.6 Å². The molecule has 0 unspecified atom stereocenters. The molecule has 3 N–H and O–H groups in total. The fourth-order valence-electron chi connectivity index (χ4n) is 3.01. The second kappa shape index (κ2) is 7.68. The highest BCUT2D eigenvalue weighted by Gasteiger charge is 2.13. The number of amides is 1. The van der Waals surface area contributed by atoms with Crippen molar-refractivity contribution in [2.45, 2.75) is 13.1 Å². The zero-order valence-corrected chi connectivity index (χ0v) is 15.9. The lowest BCUT2D eigenvalue weighted by molar-refractivity contribution is -0.122. The van der Waals surface area contributed by atoms with Crippen LogP contribution in [0.25, 0.3) is 16.6 Å². The maximum atomic E-state index is 12.5. The fraction of sp³-hybridized carbons (Fsp3) is 0.105. The van der Waals surface area contributed by atoms with Crippen molar-refractivity contribution in [3.8, 4) is 5.69 Å². The Morgan fingerprint density at radius 3 is 2.59 bits per heavy atom. The Hall–Kier alpha value is -3.79. The number of benzene rings is 2. The third kappa shape index (κ3) is 3.65. The van der Waals surface area contributed by atoms with Crippen molar-refractivity contribution in [2.75, 3.05) is 0 Å². The van der Waals surface area contributed by atoms with Crippen LogP contribution in [0, 0.1) is 4.77 Å². The van der Waals surface area contributed by atoms with E-state index < -0.39 is 23.7 Å². The van der Waals surface area contributed by atoms with Crippen molar-refractivity contribution in [2.24, 2.45) is 0 Å².